The Kier molecular flexibility index (Phi) is 4.08. The van der Waals surface area contributed by atoms with Crippen LogP contribution in [0.2, 0.25) is 0 Å². The van der Waals surface area contributed by atoms with Gasteiger partial charge in [-0.3, -0.25) is 4.84 Å². The van der Waals surface area contributed by atoms with Gasteiger partial charge in [-0.05, 0) is 33.3 Å². The zero-order chi connectivity index (χ0) is 12.2. The molecule has 1 unspecified atom stereocenters. The maximum Gasteiger partial charge on any atom is 0.102 e. The molecule has 3 nitrogen and oxygen atoms in total. The molecule has 0 heterocycles. The molecule has 1 aromatic rings. The fraction of sp³-hybridized carbons (Fsp3) is 0.538. The highest BCUT2D eigenvalue weighted by Crippen LogP contribution is 2.19. The van der Waals surface area contributed by atoms with E-state index in [1.165, 1.54) is 0 Å². The van der Waals surface area contributed by atoms with Gasteiger partial charge in [0.2, 0.25) is 0 Å². The first kappa shape index (κ1) is 13.2. The summed E-state index contributed by atoms with van der Waals surface area (Å²) in [5.74, 6) is 0. The van der Waals surface area contributed by atoms with Gasteiger partial charge in [0.25, 0.3) is 0 Å². The van der Waals surface area contributed by atoms with Crippen LogP contribution in [-0.2, 0) is 10.4 Å². The second kappa shape index (κ2) is 4.95. The van der Waals surface area contributed by atoms with Crippen LogP contribution in [0.5, 0.6) is 0 Å². The molecule has 3 heteroatoms. The van der Waals surface area contributed by atoms with Gasteiger partial charge in [0.1, 0.15) is 5.60 Å². The SMILES string of the molecule is CC(C)(C)ONCC(C)(O)c1ccccc1. The van der Waals surface area contributed by atoms with Gasteiger partial charge < -0.3 is 5.11 Å². The standard InChI is InChI=1S/C13H21NO2/c1-12(2,3)16-14-10-13(4,15)11-8-6-5-7-9-11/h5-9,14-15H,10H2,1-4H3. The van der Waals surface area contributed by atoms with Crippen molar-refractivity contribution in [3.8, 4) is 0 Å². The highest BCUT2D eigenvalue weighted by Gasteiger charge is 2.23. The van der Waals surface area contributed by atoms with E-state index in [9.17, 15) is 5.11 Å². The molecule has 1 aromatic carbocycles. The van der Waals surface area contributed by atoms with Gasteiger partial charge >= 0.3 is 0 Å². The minimum absolute atomic E-state index is 0.257. The predicted molar refractivity (Wildman–Crippen MR) is 64.9 cm³/mol. The van der Waals surface area contributed by atoms with Crippen LogP contribution in [0.1, 0.15) is 33.3 Å². The predicted octanol–water partition coefficient (Wildman–Crippen LogP) is 2.21. The molecule has 0 spiro atoms. The molecule has 16 heavy (non-hydrogen) atoms. The number of hydroxylamine groups is 1. The zero-order valence-corrected chi connectivity index (χ0v) is 10.4. The molecule has 2 N–H and O–H groups in total. The smallest absolute Gasteiger partial charge is 0.102 e. The first-order valence-electron chi connectivity index (χ1n) is 5.50. The lowest BCUT2D eigenvalue weighted by molar-refractivity contribution is -0.0986. The van der Waals surface area contributed by atoms with Crippen molar-refractivity contribution >= 4 is 0 Å². The van der Waals surface area contributed by atoms with Crippen molar-refractivity contribution in [1.29, 1.82) is 0 Å². The van der Waals surface area contributed by atoms with Gasteiger partial charge in [0.05, 0.1) is 12.1 Å². The van der Waals surface area contributed by atoms with Crippen molar-refractivity contribution in [2.45, 2.75) is 38.9 Å². The zero-order valence-electron chi connectivity index (χ0n) is 10.4. The van der Waals surface area contributed by atoms with Crippen LogP contribution in [-0.4, -0.2) is 17.3 Å². The fourth-order valence-electron chi connectivity index (χ4n) is 1.29. The molecule has 0 amide bonds. The van der Waals surface area contributed by atoms with E-state index in [-0.39, 0.29) is 5.60 Å². The third-order valence-electron chi connectivity index (χ3n) is 2.19. The normalized spacial score (nSPS) is 15.8. The van der Waals surface area contributed by atoms with E-state index in [0.717, 1.165) is 5.56 Å². The second-order valence-electron chi connectivity index (χ2n) is 5.18. The van der Waals surface area contributed by atoms with E-state index in [1.54, 1.807) is 6.92 Å². The van der Waals surface area contributed by atoms with Gasteiger partial charge in [0, 0.05) is 0 Å². The summed E-state index contributed by atoms with van der Waals surface area (Å²) in [6.45, 7) is 7.99. The lowest BCUT2D eigenvalue weighted by Crippen LogP contribution is -2.39. The summed E-state index contributed by atoms with van der Waals surface area (Å²) in [6, 6.07) is 9.55. The first-order valence-corrected chi connectivity index (χ1v) is 5.50. The highest BCUT2D eigenvalue weighted by molar-refractivity contribution is 5.21. The van der Waals surface area contributed by atoms with Crippen molar-refractivity contribution in [3.63, 3.8) is 0 Å². The van der Waals surface area contributed by atoms with E-state index in [4.69, 9.17) is 4.84 Å². The Balaban J connectivity index is 2.53. The Morgan fingerprint density at radius 3 is 2.19 bits per heavy atom. The number of aliphatic hydroxyl groups is 1. The number of rotatable bonds is 4. The first-order chi connectivity index (χ1) is 7.31. The third-order valence-corrected chi connectivity index (χ3v) is 2.19. The molecule has 0 saturated carbocycles. The Morgan fingerprint density at radius 2 is 1.69 bits per heavy atom. The number of nitrogens with one attached hydrogen (secondary N) is 1. The maximum absolute atomic E-state index is 10.2. The Labute approximate surface area is 97.4 Å². The molecule has 0 aromatic heterocycles. The van der Waals surface area contributed by atoms with Crippen LogP contribution in [0.25, 0.3) is 0 Å². The number of benzene rings is 1. The molecule has 0 radical (unpaired) electrons. The Hall–Kier alpha value is -0.900. The van der Waals surface area contributed by atoms with Crippen molar-refractivity contribution in [2.75, 3.05) is 6.54 Å². The van der Waals surface area contributed by atoms with E-state index >= 15 is 0 Å². The van der Waals surface area contributed by atoms with E-state index in [2.05, 4.69) is 5.48 Å². The lowest BCUT2D eigenvalue weighted by atomic mass is 9.96. The van der Waals surface area contributed by atoms with Crippen LogP contribution >= 0.6 is 0 Å². The third kappa shape index (κ3) is 4.31. The molecule has 0 aliphatic carbocycles. The molecule has 0 saturated heterocycles. The van der Waals surface area contributed by atoms with Crippen molar-refractivity contribution < 1.29 is 9.94 Å². The minimum Gasteiger partial charge on any atom is -0.384 e. The van der Waals surface area contributed by atoms with Gasteiger partial charge in [0.15, 0.2) is 0 Å². The Morgan fingerprint density at radius 1 is 1.12 bits per heavy atom. The summed E-state index contributed by atoms with van der Waals surface area (Å²) < 4.78 is 0. The van der Waals surface area contributed by atoms with Crippen LogP contribution in [0.15, 0.2) is 30.3 Å². The molecule has 1 rings (SSSR count). The molecule has 1 atom stereocenters. The van der Waals surface area contributed by atoms with E-state index < -0.39 is 5.60 Å². The largest absolute Gasteiger partial charge is 0.384 e. The number of hydrogen-bond acceptors (Lipinski definition) is 3. The maximum atomic E-state index is 10.2. The van der Waals surface area contributed by atoms with Crippen molar-refractivity contribution in [2.24, 2.45) is 0 Å². The highest BCUT2D eigenvalue weighted by atomic mass is 16.7. The molecule has 0 aliphatic heterocycles. The summed E-state index contributed by atoms with van der Waals surface area (Å²) in [7, 11) is 0. The average molecular weight is 223 g/mol. The summed E-state index contributed by atoms with van der Waals surface area (Å²) >= 11 is 0. The van der Waals surface area contributed by atoms with Gasteiger partial charge in [-0.15, -0.1) is 0 Å². The van der Waals surface area contributed by atoms with Crippen molar-refractivity contribution in [1.82, 2.24) is 5.48 Å². The average Bonchev–Trinajstić information content (AvgIpc) is 2.17. The van der Waals surface area contributed by atoms with Gasteiger partial charge in [-0.25, -0.2) is 0 Å². The second-order valence-corrected chi connectivity index (χ2v) is 5.18. The minimum atomic E-state index is -0.924. The van der Waals surface area contributed by atoms with E-state index in [0.29, 0.717) is 6.54 Å². The van der Waals surface area contributed by atoms with Gasteiger partial charge in [-0.1, -0.05) is 30.3 Å². The summed E-state index contributed by atoms with van der Waals surface area (Å²) in [5.41, 5.74) is 2.51. The molecule has 0 fully saturated rings. The summed E-state index contributed by atoms with van der Waals surface area (Å²) in [6.07, 6.45) is 0. The van der Waals surface area contributed by atoms with E-state index in [1.807, 2.05) is 51.1 Å². The summed E-state index contributed by atoms with van der Waals surface area (Å²) in [4.78, 5) is 5.38. The monoisotopic (exact) mass is 223 g/mol. The summed E-state index contributed by atoms with van der Waals surface area (Å²) in [5, 5.41) is 10.2. The molecule has 0 aliphatic rings. The van der Waals surface area contributed by atoms with Crippen molar-refractivity contribution in [3.05, 3.63) is 35.9 Å². The van der Waals surface area contributed by atoms with Gasteiger partial charge in [-0.2, -0.15) is 5.48 Å². The number of hydrogen-bond donors (Lipinski definition) is 2. The quantitative estimate of drug-likeness (QED) is 0.769. The topological polar surface area (TPSA) is 41.5 Å². The molecular formula is C13H21NO2. The molecule has 0 bridgehead atoms. The van der Waals surface area contributed by atoms with Crippen LogP contribution in [0.3, 0.4) is 0 Å². The fourth-order valence-corrected chi connectivity index (χ4v) is 1.29. The lowest BCUT2D eigenvalue weighted by Gasteiger charge is -2.27. The molecular weight excluding hydrogens is 202 g/mol. The molecule has 90 valence electrons. The van der Waals surface area contributed by atoms with Crippen LogP contribution < -0.4 is 5.48 Å². The Bertz CT molecular complexity index is 314. The van der Waals surface area contributed by atoms with Crippen LogP contribution in [0, 0.1) is 0 Å². The van der Waals surface area contributed by atoms with Crippen LogP contribution in [0.4, 0.5) is 0 Å².